The van der Waals surface area contributed by atoms with E-state index in [9.17, 15) is 26.4 Å². The first kappa shape index (κ1) is 25.3. The Morgan fingerprint density at radius 3 is 2.43 bits per heavy atom. The lowest BCUT2D eigenvalue weighted by molar-refractivity contribution is -0.137. The molecule has 1 aromatic carbocycles. The number of benzene rings is 1. The molecule has 0 bridgehead atoms. The Morgan fingerprint density at radius 1 is 0.946 bits per heavy atom. The Kier molecular flexibility index (Phi) is 6.71. The number of alkyl halides is 3. The van der Waals surface area contributed by atoms with E-state index in [1.807, 2.05) is 29.0 Å². The van der Waals surface area contributed by atoms with Crippen LogP contribution in [0.2, 0.25) is 0 Å². The molecular weight excluding hydrogens is 507 g/mol. The van der Waals surface area contributed by atoms with Crippen molar-refractivity contribution < 1.29 is 26.4 Å². The summed E-state index contributed by atoms with van der Waals surface area (Å²) in [5.41, 5.74) is -0.394. The number of nitrogens with zero attached hydrogens (tertiary/aromatic N) is 5. The van der Waals surface area contributed by atoms with Crippen LogP contribution in [0.25, 0.3) is 0 Å². The smallest absolute Gasteiger partial charge is 0.353 e. The molecule has 196 valence electrons. The Hall–Kier alpha value is -3.38. The van der Waals surface area contributed by atoms with Crippen LogP contribution in [0, 0.1) is 0 Å². The molecule has 12 heteroatoms. The second-order valence-electron chi connectivity index (χ2n) is 9.04. The fourth-order valence-electron chi connectivity index (χ4n) is 4.93. The number of sulfonamides is 1. The van der Waals surface area contributed by atoms with Crippen LogP contribution in [0.15, 0.2) is 71.9 Å². The van der Waals surface area contributed by atoms with Crippen LogP contribution in [-0.2, 0) is 27.5 Å². The lowest BCUT2D eigenvalue weighted by atomic mass is 10.1. The number of hydrogen-bond donors (Lipinski definition) is 0. The molecular formula is C25H26F3N5O3S. The zero-order valence-corrected chi connectivity index (χ0v) is 20.7. The zero-order valence-electron chi connectivity index (χ0n) is 19.9. The highest BCUT2D eigenvalue weighted by Crippen LogP contribution is 2.36. The van der Waals surface area contributed by atoms with Gasteiger partial charge >= 0.3 is 6.18 Å². The highest BCUT2D eigenvalue weighted by Gasteiger charge is 2.40. The standard InChI is InChI=1S/C25H26F3N5O3S/c26-25(27,28)19-5-3-6-20(17-19)37(35,36)33-16-15-30-10-4-7-21(30)22(33)18-24(34)32-13-11-31(12-14-32)23-8-1-2-9-29-23/h1-10,17,22H,11-16,18H2. The molecule has 2 aliphatic rings. The molecule has 0 radical (unpaired) electrons. The van der Waals surface area contributed by atoms with E-state index in [0.717, 1.165) is 24.0 Å². The Labute approximate surface area is 213 Å². The van der Waals surface area contributed by atoms with Crippen molar-refractivity contribution in [3.63, 3.8) is 0 Å². The number of piperazine rings is 1. The molecule has 2 aliphatic heterocycles. The molecule has 1 atom stereocenters. The van der Waals surface area contributed by atoms with Gasteiger partial charge in [0.25, 0.3) is 0 Å². The summed E-state index contributed by atoms with van der Waals surface area (Å²) in [5.74, 6) is 0.627. The van der Waals surface area contributed by atoms with Crippen LogP contribution < -0.4 is 4.90 Å². The van der Waals surface area contributed by atoms with Crippen molar-refractivity contribution in [3.05, 3.63) is 78.2 Å². The van der Waals surface area contributed by atoms with Gasteiger partial charge in [-0.2, -0.15) is 17.5 Å². The number of aromatic nitrogens is 2. The molecule has 3 aromatic rings. The van der Waals surface area contributed by atoms with Gasteiger partial charge in [-0.25, -0.2) is 13.4 Å². The van der Waals surface area contributed by atoms with Crippen molar-refractivity contribution in [3.8, 4) is 0 Å². The summed E-state index contributed by atoms with van der Waals surface area (Å²) < 4.78 is 70.0. The van der Waals surface area contributed by atoms with Crippen LogP contribution >= 0.6 is 0 Å². The van der Waals surface area contributed by atoms with Crippen LogP contribution in [0.5, 0.6) is 0 Å². The maximum Gasteiger partial charge on any atom is 0.416 e. The fraction of sp³-hybridized carbons (Fsp3) is 0.360. The van der Waals surface area contributed by atoms with Crippen LogP contribution in [0.3, 0.4) is 0 Å². The average molecular weight is 534 g/mol. The van der Waals surface area contributed by atoms with Crippen LogP contribution in [-0.4, -0.2) is 65.8 Å². The molecule has 37 heavy (non-hydrogen) atoms. The number of hydrogen-bond acceptors (Lipinski definition) is 5. The minimum atomic E-state index is -4.67. The molecule has 1 fully saturated rings. The summed E-state index contributed by atoms with van der Waals surface area (Å²) in [6.45, 7) is 2.50. The number of carbonyl (C=O) groups excluding carboxylic acids is 1. The van der Waals surface area contributed by atoms with Crippen molar-refractivity contribution in [2.75, 3.05) is 37.6 Å². The fourth-order valence-corrected chi connectivity index (χ4v) is 6.56. The second-order valence-corrected chi connectivity index (χ2v) is 10.9. The van der Waals surface area contributed by atoms with E-state index >= 15 is 0 Å². The van der Waals surface area contributed by atoms with Gasteiger partial charge in [-0.1, -0.05) is 12.1 Å². The number of carbonyl (C=O) groups is 1. The molecule has 2 aromatic heterocycles. The van der Waals surface area contributed by atoms with Gasteiger partial charge in [0.05, 0.1) is 16.5 Å². The van der Waals surface area contributed by atoms with Crippen LogP contribution in [0.1, 0.15) is 23.7 Å². The summed E-state index contributed by atoms with van der Waals surface area (Å²) >= 11 is 0. The third-order valence-corrected chi connectivity index (χ3v) is 8.76. The summed E-state index contributed by atoms with van der Waals surface area (Å²) in [7, 11) is -4.30. The second kappa shape index (κ2) is 9.82. The van der Waals surface area contributed by atoms with E-state index in [1.165, 1.54) is 4.31 Å². The molecule has 4 heterocycles. The number of amides is 1. The molecule has 0 aliphatic carbocycles. The molecule has 8 nitrogen and oxygen atoms in total. The predicted molar refractivity (Wildman–Crippen MR) is 130 cm³/mol. The van der Waals surface area contributed by atoms with E-state index in [0.29, 0.717) is 44.5 Å². The number of pyridine rings is 1. The molecule has 5 rings (SSSR count). The number of rotatable bonds is 5. The quantitative estimate of drug-likeness (QED) is 0.503. The number of fused-ring (bicyclic) bond motifs is 1. The van der Waals surface area contributed by atoms with E-state index in [-0.39, 0.29) is 18.9 Å². The summed E-state index contributed by atoms with van der Waals surface area (Å²) in [4.78, 5) is 21.0. The van der Waals surface area contributed by atoms with Crippen molar-refractivity contribution in [2.24, 2.45) is 0 Å². The van der Waals surface area contributed by atoms with Gasteiger partial charge < -0.3 is 14.4 Å². The first-order chi connectivity index (χ1) is 17.6. The molecule has 1 unspecified atom stereocenters. The van der Waals surface area contributed by atoms with E-state index in [2.05, 4.69) is 9.88 Å². The SMILES string of the molecule is O=C(CC1c2cccn2CCN1S(=O)(=O)c1cccc(C(F)(F)F)c1)N1CCN(c2ccccn2)CC1. The molecule has 0 spiro atoms. The van der Waals surface area contributed by atoms with Gasteiger partial charge in [-0.05, 0) is 42.5 Å². The third-order valence-electron chi connectivity index (χ3n) is 6.86. The molecule has 1 amide bonds. The molecule has 1 saturated heterocycles. The van der Waals surface area contributed by atoms with Gasteiger partial charge in [0, 0.05) is 63.8 Å². The first-order valence-electron chi connectivity index (χ1n) is 11.9. The highest BCUT2D eigenvalue weighted by atomic mass is 32.2. The minimum Gasteiger partial charge on any atom is -0.353 e. The maximum atomic E-state index is 13.6. The van der Waals surface area contributed by atoms with Gasteiger partial charge in [0.1, 0.15) is 5.82 Å². The first-order valence-corrected chi connectivity index (χ1v) is 13.4. The highest BCUT2D eigenvalue weighted by molar-refractivity contribution is 7.89. The van der Waals surface area contributed by atoms with Gasteiger partial charge in [0.15, 0.2) is 0 Å². The van der Waals surface area contributed by atoms with Crippen LogP contribution in [0.4, 0.5) is 19.0 Å². The van der Waals surface area contributed by atoms with Gasteiger partial charge in [-0.15, -0.1) is 0 Å². The predicted octanol–water partition coefficient (Wildman–Crippen LogP) is 3.39. The molecule has 0 N–H and O–H groups in total. The van der Waals surface area contributed by atoms with Crippen molar-refractivity contribution >= 4 is 21.7 Å². The Balaban J connectivity index is 1.37. The average Bonchev–Trinajstić information content (AvgIpc) is 3.38. The normalized spacial score (nSPS) is 19.1. The van der Waals surface area contributed by atoms with Crippen molar-refractivity contribution in [2.45, 2.75) is 30.1 Å². The van der Waals surface area contributed by atoms with Gasteiger partial charge in [0.2, 0.25) is 15.9 Å². The van der Waals surface area contributed by atoms with Crippen molar-refractivity contribution in [1.82, 2.24) is 18.8 Å². The maximum absolute atomic E-state index is 13.6. The lowest BCUT2D eigenvalue weighted by Crippen LogP contribution is -2.50. The topological polar surface area (TPSA) is 78.8 Å². The Morgan fingerprint density at radius 2 is 1.73 bits per heavy atom. The third kappa shape index (κ3) is 5.08. The lowest BCUT2D eigenvalue weighted by Gasteiger charge is -2.39. The van der Waals surface area contributed by atoms with E-state index in [1.54, 1.807) is 23.2 Å². The number of halogens is 3. The van der Waals surface area contributed by atoms with E-state index < -0.39 is 32.7 Å². The Bertz CT molecular complexity index is 1370. The summed E-state index contributed by atoms with van der Waals surface area (Å²) in [5, 5.41) is 0. The molecule has 0 saturated carbocycles. The summed E-state index contributed by atoms with van der Waals surface area (Å²) in [6, 6.07) is 12.1. The number of anilines is 1. The largest absolute Gasteiger partial charge is 0.416 e. The summed E-state index contributed by atoms with van der Waals surface area (Å²) in [6.07, 6.45) is -1.25. The van der Waals surface area contributed by atoms with E-state index in [4.69, 9.17) is 0 Å². The monoisotopic (exact) mass is 533 g/mol. The van der Waals surface area contributed by atoms with Crippen molar-refractivity contribution in [1.29, 1.82) is 0 Å². The minimum absolute atomic E-state index is 0.0473. The van der Waals surface area contributed by atoms with Gasteiger partial charge in [-0.3, -0.25) is 4.79 Å². The zero-order chi connectivity index (χ0) is 26.2.